The summed E-state index contributed by atoms with van der Waals surface area (Å²) in [7, 11) is 0. The molecule has 0 radical (unpaired) electrons. The first-order chi connectivity index (χ1) is 20.8. The summed E-state index contributed by atoms with van der Waals surface area (Å²) in [6.45, 7) is 11.4. The van der Waals surface area contributed by atoms with E-state index < -0.39 is 0 Å². The number of rotatable bonds is 5. The van der Waals surface area contributed by atoms with Gasteiger partial charge in [-0.2, -0.15) is 0 Å². The lowest BCUT2D eigenvalue weighted by atomic mass is 9.82. The molecule has 0 bridgehead atoms. The van der Waals surface area contributed by atoms with Crippen LogP contribution in [-0.4, -0.2) is 9.55 Å². The lowest BCUT2D eigenvalue weighted by Gasteiger charge is -2.26. The third-order valence-electron chi connectivity index (χ3n) is 8.44. The van der Waals surface area contributed by atoms with Gasteiger partial charge in [0.15, 0.2) is 0 Å². The molecule has 0 aliphatic heterocycles. The Labute approximate surface area is 258 Å². The predicted molar refractivity (Wildman–Crippen MR) is 186 cm³/mol. The molecule has 5 aromatic carbocycles. The molecular formula is C40H36N2S. The molecule has 0 aliphatic rings. The first-order valence-electron chi connectivity index (χ1n) is 15.1. The highest BCUT2D eigenvalue weighted by atomic mass is 32.1. The van der Waals surface area contributed by atoms with Crippen LogP contribution in [0.1, 0.15) is 51.7 Å². The molecule has 3 heteroatoms. The van der Waals surface area contributed by atoms with Crippen LogP contribution >= 0.6 is 11.3 Å². The van der Waals surface area contributed by atoms with Gasteiger partial charge in [-0.1, -0.05) is 113 Å². The molecule has 0 saturated carbocycles. The van der Waals surface area contributed by atoms with Gasteiger partial charge >= 0.3 is 0 Å². The molecule has 212 valence electrons. The number of hydrogen-bond donors (Lipinski definition) is 0. The third-order valence-corrected chi connectivity index (χ3v) is 9.40. The standard InChI is InChI=1S/C40H36N2S/c1-26(2)29-20-21-37-33(22-29)34(25-43-37)39-41-35-18-12-13-19-36(35)42(39)38-31(27-14-8-6-9-15-27)23-30(40(3,4)5)24-32(38)28-16-10-7-11-17-28/h6-26H,1-5H3. The maximum Gasteiger partial charge on any atom is 0.147 e. The van der Waals surface area contributed by atoms with Crippen LogP contribution in [-0.2, 0) is 5.41 Å². The van der Waals surface area contributed by atoms with Gasteiger partial charge in [0, 0.05) is 32.2 Å². The zero-order valence-electron chi connectivity index (χ0n) is 25.4. The maximum atomic E-state index is 5.37. The van der Waals surface area contributed by atoms with Gasteiger partial charge in [-0.05, 0) is 70.0 Å². The summed E-state index contributed by atoms with van der Waals surface area (Å²) in [5, 5.41) is 3.56. The molecular weight excluding hydrogens is 541 g/mol. The number of imidazole rings is 1. The van der Waals surface area contributed by atoms with Gasteiger partial charge < -0.3 is 0 Å². The number of hydrogen-bond acceptors (Lipinski definition) is 2. The summed E-state index contributed by atoms with van der Waals surface area (Å²) in [5.74, 6) is 1.43. The predicted octanol–water partition coefficient (Wildman–Crippen LogP) is 11.7. The minimum absolute atomic E-state index is 0.0256. The van der Waals surface area contributed by atoms with Crippen LogP contribution in [0.25, 0.3) is 60.4 Å². The molecule has 2 heterocycles. The fraction of sp³-hybridized carbons (Fsp3) is 0.175. The second-order valence-corrected chi connectivity index (χ2v) is 13.6. The Morgan fingerprint density at radius 2 is 1.28 bits per heavy atom. The molecule has 0 amide bonds. The minimum Gasteiger partial charge on any atom is -0.291 e. The zero-order chi connectivity index (χ0) is 29.7. The Balaban J connectivity index is 1.65. The van der Waals surface area contributed by atoms with Crippen molar-refractivity contribution in [2.45, 2.75) is 46.0 Å². The monoisotopic (exact) mass is 576 g/mol. The van der Waals surface area contributed by atoms with Gasteiger partial charge in [0.25, 0.3) is 0 Å². The summed E-state index contributed by atoms with van der Waals surface area (Å²) in [6, 6.07) is 41.9. The largest absolute Gasteiger partial charge is 0.291 e. The van der Waals surface area contributed by atoms with Crippen LogP contribution in [0.15, 0.2) is 121 Å². The molecule has 0 saturated heterocycles. The molecule has 7 rings (SSSR count). The Morgan fingerprint density at radius 3 is 1.88 bits per heavy atom. The van der Waals surface area contributed by atoms with Crippen molar-refractivity contribution in [1.29, 1.82) is 0 Å². The second kappa shape index (κ2) is 10.7. The van der Waals surface area contributed by atoms with Crippen molar-refractivity contribution < 1.29 is 0 Å². The number of nitrogens with zero attached hydrogens (tertiary/aromatic N) is 2. The number of para-hydroxylation sites is 2. The highest BCUT2D eigenvalue weighted by Crippen LogP contribution is 2.45. The molecule has 0 aliphatic carbocycles. The highest BCUT2D eigenvalue weighted by molar-refractivity contribution is 7.17. The van der Waals surface area contributed by atoms with E-state index in [1.54, 1.807) is 11.3 Å². The Hall–Kier alpha value is -4.47. The normalized spacial score (nSPS) is 12.0. The summed E-state index contributed by atoms with van der Waals surface area (Å²) >= 11 is 1.80. The van der Waals surface area contributed by atoms with E-state index in [1.807, 2.05) is 0 Å². The first-order valence-corrected chi connectivity index (χ1v) is 16.0. The lowest BCUT2D eigenvalue weighted by molar-refractivity contribution is 0.590. The summed E-state index contributed by atoms with van der Waals surface area (Å²) in [6.07, 6.45) is 0. The van der Waals surface area contributed by atoms with Crippen LogP contribution in [0.2, 0.25) is 0 Å². The van der Waals surface area contributed by atoms with Crippen molar-refractivity contribution in [3.8, 4) is 39.3 Å². The molecule has 0 spiro atoms. The zero-order valence-corrected chi connectivity index (χ0v) is 26.2. The minimum atomic E-state index is -0.0256. The van der Waals surface area contributed by atoms with Crippen molar-refractivity contribution in [2.24, 2.45) is 0 Å². The number of benzene rings is 5. The van der Waals surface area contributed by atoms with Crippen LogP contribution in [0.5, 0.6) is 0 Å². The van der Waals surface area contributed by atoms with Gasteiger partial charge in [-0.15, -0.1) is 11.3 Å². The van der Waals surface area contributed by atoms with Crippen LogP contribution in [0, 0.1) is 0 Å². The van der Waals surface area contributed by atoms with Gasteiger partial charge in [0.1, 0.15) is 5.82 Å². The average Bonchev–Trinajstić information content (AvgIpc) is 3.61. The molecule has 2 nitrogen and oxygen atoms in total. The van der Waals surface area contributed by atoms with Crippen LogP contribution < -0.4 is 0 Å². The van der Waals surface area contributed by atoms with E-state index in [1.165, 1.54) is 49.0 Å². The molecule has 2 aromatic heterocycles. The van der Waals surface area contributed by atoms with Crippen molar-refractivity contribution in [3.63, 3.8) is 0 Å². The van der Waals surface area contributed by atoms with Crippen LogP contribution in [0.3, 0.4) is 0 Å². The molecule has 0 fully saturated rings. The van der Waals surface area contributed by atoms with Crippen molar-refractivity contribution in [2.75, 3.05) is 0 Å². The van der Waals surface area contributed by atoms with E-state index in [2.05, 4.69) is 160 Å². The van der Waals surface area contributed by atoms with Crippen molar-refractivity contribution in [3.05, 3.63) is 132 Å². The fourth-order valence-corrected chi connectivity index (χ4v) is 6.92. The van der Waals surface area contributed by atoms with Gasteiger partial charge in [-0.3, -0.25) is 4.57 Å². The molecule has 0 N–H and O–H groups in total. The molecule has 0 unspecified atom stereocenters. The molecule has 7 aromatic rings. The third kappa shape index (κ3) is 4.88. The Bertz CT molecular complexity index is 2010. The molecule has 0 atom stereocenters. The Kier molecular flexibility index (Phi) is 6.79. The SMILES string of the molecule is CC(C)c1ccc2scc(-c3nc4ccccc4n3-c3c(-c4ccccc4)cc(C(C)(C)C)cc3-c3ccccc3)c2c1. The molecule has 43 heavy (non-hydrogen) atoms. The van der Waals surface area contributed by atoms with Crippen molar-refractivity contribution >= 4 is 32.5 Å². The van der Waals surface area contributed by atoms with Gasteiger partial charge in [0.2, 0.25) is 0 Å². The first kappa shape index (κ1) is 27.4. The lowest BCUT2D eigenvalue weighted by Crippen LogP contribution is -2.13. The van der Waals surface area contributed by atoms with Crippen LogP contribution in [0.4, 0.5) is 0 Å². The average molecular weight is 577 g/mol. The second-order valence-electron chi connectivity index (χ2n) is 12.7. The van der Waals surface area contributed by atoms with E-state index >= 15 is 0 Å². The highest BCUT2D eigenvalue weighted by Gasteiger charge is 2.26. The number of fused-ring (bicyclic) bond motifs is 2. The topological polar surface area (TPSA) is 17.8 Å². The number of thiophene rings is 1. The summed E-state index contributed by atoms with van der Waals surface area (Å²) in [4.78, 5) is 5.37. The van der Waals surface area contributed by atoms with E-state index in [-0.39, 0.29) is 5.41 Å². The Morgan fingerprint density at radius 1 is 0.674 bits per heavy atom. The van der Waals surface area contributed by atoms with Gasteiger partial charge in [0.05, 0.1) is 16.7 Å². The summed E-state index contributed by atoms with van der Waals surface area (Å²) < 4.78 is 3.71. The van der Waals surface area contributed by atoms with E-state index in [0.717, 1.165) is 22.5 Å². The maximum absolute atomic E-state index is 5.37. The summed E-state index contributed by atoms with van der Waals surface area (Å²) in [5.41, 5.74) is 11.9. The van der Waals surface area contributed by atoms with Crippen molar-refractivity contribution in [1.82, 2.24) is 9.55 Å². The quantitative estimate of drug-likeness (QED) is 0.199. The van der Waals surface area contributed by atoms with E-state index in [0.29, 0.717) is 5.92 Å². The smallest absolute Gasteiger partial charge is 0.147 e. The van der Waals surface area contributed by atoms with Gasteiger partial charge in [-0.25, -0.2) is 4.98 Å². The number of aromatic nitrogens is 2. The van der Waals surface area contributed by atoms with E-state index in [9.17, 15) is 0 Å². The fourth-order valence-electron chi connectivity index (χ4n) is 6.00. The van der Waals surface area contributed by atoms with E-state index in [4.69, 9.17) is 4.98 Å².